The lowest BCUT2D eigenvalue weighted by Crippen LogP contribution is -2.60. The molecular weight excluding hydrogens is 899 g/mol. The van der Waals surface area contributed by atoms with Crippen molar-refractivity contribution in [3.05, 3.63) is 29.8 Å². The van der Waals surface area contributed by atoms with Gasteiger partial charge < -0.3 is 64.4 Å². The summed E-state index contributed by atoms with van der Waals surface area (Å²) < 4.78 is 39.5. The number of carbonyl (C=O) groups excluding carboxylic acids is 6. The van der Waals surface area contributed by atoms with Gasteiger partial charge in [-0.05, 0) is 96.3 Å². The van der Waals surface area contributed by atoms with Gasteiger partial charge in [-0.1, -0.05) is 46.2 Å². The van der Waals surface area contributed by atoms with Crippen molar-refractivity contribution in [3.8, 4) is 5.75 Å². The molecule has 1 aromatic carbocycles. The summed E-state index contributed by atoms with van der Waals surface area (Å²) >= 11 is 0. The Hall–Kier alpha value is -5.05. The summed E-state index contributed by atoms with van der Waals surface area (Å²) in [6.07, 6.45) is -2.88. The molecule has 4 amide bonds. The number of hydrogen-bond acceptors (Lipinski definition) is 15. The van der Waals surface area contributed by atoms with Gasteiger partial charge in [0.2, 0.25) is 17.7 Å². The quantitative estimate of drug-likeness (QED) is 0.0652. The molecule has 20 nitrogen and oxygen atoms in total. The molecule has 2 fully saturated rings. The Balaban J connectivity index is 1.95. The molecule has 1 saturated heterocycles. The lowest BCUT2D eigenvalue weighted by molar-refractivity contribution is -0.191. The van der Waals surface area contributed by atoms with E-state index < -0.39 is 108 Å². The molecule has 5 N–H and O–H groups in total. The van der Waals surface area contributed by atoms with Crippen LogP contribution in [0.2, 0.25) is 0 Å². The maximum atomic E-state index is 14.5. The van der Waals surface area contributed by atoms with Crippen LogP contribution in [0.3, 0.4) is 0 Å². The molecule has 0 spiro atoms. The van der Waals surface area contributed by atoms with Crippen molar-refractivity contribution in [1.82, 2.24) is 20.4 Å². The minimum absolute atomic E-state index is 0.0249. The molecule has 3 rings (SSSR count). The molecular formula is C49H79N5O15. The Labute approximate surface area is 407 Å². The number of rotatable bonds is 24. The number of hydrogen-bond donors (Lipinski definition) is 4. The predicted molar refractivity (Wildman–Crippen MR) is 252 cm³/mol. The summed E-state index contributed by atoms with van der Waals surface area (Å²) in [5.74, 6) is -5.98. The molecule has 0 bridgehead atoms. The van der Waals surface area contributed by atoms with E-state index in [0.717, 1.165) is 0 Å². The summed E-state index contributed by atoms with van der Waals surface area (Å²) in [6.45, 7) is 15.3. The lowest BCUT2D eigenvalue weighted by atomic mass is 9.82. The normalized spacial score (nSPS) is 21.5. The van der Waals surface area contributed by atoms with Crippen LogP contribution in [0, 0.1) is 23.7 Å². The number of carboxylic acid groups (broad SMARTS) is 1. The Bertz CT molecular complexity index is 1870. The van der Waals surface area contributed by atoms with E-state index in [1.807, 2.05) is 13.8 Å². The van der Waals surface area contributed by atoms with Gasteiger partial charge in [0.15, 0.2) is 0 Å². The number of aliphatic carboxylic acids is 1. The molecule has 2 aliphatic rings. The number of nitrogens with two attached hydrogens (primary N) is 1. The molecule has 69 heavy (non-hydrogen) atoms. The molecule has 1 heterocycles. The zero-order chi connectivity index (χ0) is 51.9. The summed E-state index contributed by atoms with van der Waals surface area (Å²) in [7, 11) is 5.75. The lowest BCUT2D eigenvalue weighted by Gasteiger charge is -2.39. The first-order valence-electron chi connectivity index (χ1n) is 23.9. The highest BCUT2D eigenvalue weighted by molar-refractivity contribution is 5.93. The average Bonchev–Trinajstić information content (AvgIpc) is 3.78. The number of likely N-dealkylation sites (tertiary alicyclic amines) is 1. The Morgan fingerprint density at radius 3 is 2.10 bits per heavy atom. The molecule has 1 unspecified atom stereocenters. The summed E-state index contributed by atoms with van der Waals surface area (Å²) in [5.41, 5.74) is 5.95. The van der Waals surface area contributed by atoms with E-state index in [2.05, 4.69) is 10.6 Å². The molecule has 1 saturated carbocycles. The van der Waals surface area contributed by atoms with E-state index in [0.29, 0.717) is 56.4 Å². The topological polar surface area (TPSA) is 261 Å². The molecule has 11 atom stereocenters. The summed E-state index contributed by atoms with van der Waals surface area (Å²) in [6, 6.07) is 1.57. The number of ether oxygens (including phenoxy) is 7. The van der Waals surface area contributed by atoms with Crippen LogP contribution in [0.5, 0.6) is 5.75 Å². The van der Waals surface area contributed by atoms with Gasteiger partial charge in [-0.15, -0.1) is 0 Å². The second-order valence-electron chi connectivity index (χ2n) is 19.9. The van der Waals surface area contributed by atoms with Crippen molar-refractivity contribution >= 4 is 41.7 Å². The third-order valence-electron chi connectivity index (χ3n) is 12.5. The number of esters is 2. The van der Waals surface area contributed by atoms with Gasteiger partial charge in [0.1, 0.15) is 54.6 Å². The van der Waals surface area contributed by atoms with Crippen molar-refractivity contribution in [2.75, 3.05) is 41.7 Å². The molecule has 0 aromatic heterocycles. The highest BCUT2D eigenvalue weighted by atomic mass is 16.7. The maximum absolute atomic E-state index is 14.5. The van der Waals surface area contributed by atoms with E-state index in [1.54, 1.807) is 58.9 Å². The molecule has 1 aliphatic carbocycles. The number of carbonyl (C=O) groups is 7. The van der Waals surface area contributed by atoms with Gasteiger partial charge in [-0.3, -0.25) is 24.0 Å². The van der Waals surface area contributed by atoms with Crippen LogP contribution < -0.4 is 21.1 Å². The third kappa shape index (κ3) is 16.8. The summed E-state index contributed by atoms with van der Waals surface area (Å²) in [5, 5.41) is 15.3. The standard InChI is InChI=1S/C49H79N5O15/c1-27(2)24-34(50)43(56)54-23-15-18-36(54)44(57)53(10)37(25-31-19-21-32(64-12)22-20-31)47(61)67-30(6)38(52-48(62)69-49(7,8)9)42(55)51-35-17-14-16-33(41(35)65-13)46(60)68-39(28(3)4)40(66-26-63-11)29(5)45(58)59/h19-22,27-30,33-41H,14-18,23-26,50H2,1-13H3,(H,51,55)(H,52,62)(H,58,59)/t29-,30+,33-,34-,35?,36-,37-,38-,39-,40-,41-/m0/s1. The second-order valence-corrected chi connectivity index (χ2v) is 19.9. The number of likely N-dealkylation sites (N-methyl/N-ethyl adjacent to an activating group) is 1. The number of carboxylic acids is 1. The van der Waals surface area contributed by atoms with E-state index in [9.17, 15) is 38.7 Å². The number of alkyl carbamates (subject to hydrolysis) is 1. The number of benzene rings is 1. The van der Waals surface area contributed by atoms with Crippen LogP contribution in [0.1, 0.15) is 106 Å². The van der Waals surface area contributed by atoms with E-state index in [1.165, 1.54) is 52.0 Å². The van der Waals surface area contributed by atoms with Crippen molar-refractivity contribution in [1.29, 1.82) is 0 Å². The fourth-order valence-electron chi connectivity index (χ4n) is 8.81. The fourth-order valence-corrected chi connectivity index (χ4v) is 8.81. The zero-order valence-corrected chi connectivity index (χ0v) is 42.8. The monoisotopic (exact) mass is 978 g/mol. The van der Waals surface area contributed by atoms with Gasteiger partial charge in [0.05, 0.1) is 37.1 Å². The van der Waals surface area contributed by atoms with Crippen LogP contribution in [0.25, 0.3) is 0 Å². The maximum Gasteiger partial charge on any atom is 0.408 e. The third-order valence-corrected chi connectivity index (χ3v) is 12.5. The average molecular weight is 978 g/mol. The number of nitrogens with zero attached hydrogens (tertiary/aromatic N) is 2. The van der Waals surface area contributed by atoms with Gasteiger partial charge in [0.25, 0.3) is 0 Å². The Kier molecular flexibility index (Phi) is 22.6. The highest BCUT2D eigenvalue weighted by Crippen LogP contribution is 2.31. The molecule has 0 radical (unpaired) electrons. The molecule has 390 valence electrons. The highest BCUT2D eigenvalue weighted by Gasteiger charge is 2.46. The minimum Gasteiger partial charge on any atom is -0.497 e. The SMILES string of the molecule is COCO[C@@H]([C@H](C)C(=O)O)[C@@H](OC(=O)[C@H]1CCCC(NC(=O)[C@@H](NC(=O)OC(C)(C)C)[C@@H](C)OC(=O)[C@H](Cc2ccc(OC)cc2)N(C)C(=O)[C@@H]2CCCN2C(=O)[C@@H](N)CC(C)C)[C@H]1OC)C(C)C. The van der Waals surface area contributed by atoms with Crippen molar-refractivity contribution in [2.45, 2.75) is 167 Å². The van der Waals surface area contributed by atoms with Gasteiger partial charge in [-0.2, -0.15) is 0 Å². The minimum atomic E-state index is -1.57. The van der Waals surface area contributed by atoms with Crippen LogP contribution in [-0.4, -0.2) is 159 Å². The van der Waals surface area contributed by atoms with Crippen LogP contribution in [0.4, 0.5) is 4.79 Å². The predicted octanol–water partition coefficient (Wildman–Crippen LogP) is 3.83. The molecule has 1 aliphatic heterocycles. The van der Waals surface area contributed by atoms with E-state index >= 15 is 0 Å². The zero-order valence-electron chi connectivity index (χ0n) is 42.8. The van der Waals surface area contributed by atoms with Crippen molar-refractivity contribution in [2.24, 2.45) is 29.4 Å². The van der Waals surface area contributed by atoms with E-state index in [-0.39, 0.29) is 31.0 Å². The van der Waals surface area contributed by atoms with Crippen LogP contribution in [0.15, 0.2) is 24.3 Å². The van der Waals surface area contributed by atoms with Gasteiger partial charge in [-0.25, -0.2) is 9.59 Å². The smallest absolute Gasteiger partial charge is 0.408 e. The Morgan fingerprint density at radius 1 is 0.899 bits per heavy atom. The van der Waals surface area contributed by atoms with Gasteiger partial charge in [0, 0.05) is 34.2 Å². The molecule has 1 aromatic rings. The Morgan fingerprint density at radius 2 is 1.55 bits per heavy atom. The van der Waals surface area contributed by atoms with Gasteiger partial charge >= 0.3 is 24.0 Å². The fraction of sp³-hybridized carbons (Fsp3) is 0.735. The first kappa shape index (κ1) is 58.3. The largest absolute Gasteiger partial charge is 0.497 e. The van der Waals surface area contributed by atoms with Crippen LogP contribution >= 0.6 is 0 Å². The summed E-state index contributed by atoms with van der Waals surface area (Å²) in [4.78, 5) is 99.0. The van der Waals surface area contributed by atoms with Crippen molar-refractivity contribution in [3.63, 3.8) is 0 Å². The second kappa shape index (κ2) is 26.8. The number of nitrogens with one attached hydrogen (secondary N) is 2. The number of amides is 4. The van der Waals surface area contributed by atoms with Crippen molar-refractivity contribution < 1.29 is 71.8 Å². The molecule has 20 heteroatoms. The first-order chi connectivity index (χ1) is 32.3. The first-order valence-corrected chi connectivity index (χ1v) is 23.9. The van der Waals surface area contributed by atoms with E-state index in [4.69, 9.17) is 38.9 Å². The van der Waals surface area contributed by atoms with Crippen LogP contribution in [-0.2, 0) is 63.6 Å². The number of methoxy groups -OCH3 is 3.